The van der Waals surface area contributed by atoms with Crippen LogP contribution in [0.3, 0.4) is 0 Å². The number of aromatic amines is 1. The Kier molecular flexibility index (Phi) is 4.26. The fourth-order valence-corrected chi connectivity index (χ4v) is 3.20. The van der Waals surface area contributed by atoms with Crippen LogP contribution in [-0.4, -0.2) is 52.8 Å². The lowest BCUT2D eigenvalue weighted by molar-refractivity contribution is -0.131. The van der Waals surface area contributed by atoms with Crippen LogP contribution in [0.15, 0.2) is 30.3 Å². The molecule has 1 aliphatic rings. The van der Waals surface area contributed by atoms with E-state index in [0.29, 0.717) is 24.6 Å². The molecule has 6 nitrogen and oxygen atoms in total. The Morgan fingerprint density at radius 3 is 2.88 bits per heavy atom. The predicted octanol–water partition coefficient (Wildman–Crippen LogP) is 2.00. The molecule has 24 heavy (non-hydrogen) atoms. The lowest BCUT2D eigenvalue weighted by Gasteiger charge is -2.23. The molecule has 1 N–H and O–H groups in total. The molecule has 0 spiro atoms. The number of likely N-dealkylation sites (tertiary alicyclic amines) is 1. The molecule has 1 aromatic carbocycles. The maximum atomic E-state index is 12.5. The number of para-hydroxylation sites is 1. The fourth-order valence-electron chi connectivity index (χ4n) is 3.20. The van der Waals surface area contributed by atoms with Crippen LogP contribution in [0.1, 0.15) is 23.8 Å². The average molecular weight is 324 g/mol. The van der Waals surface area contributed by atoms with Crippen molar-refractivity contribution >= 4 is 22.7 Å². The van der Waals surface area contributed by atoms with E-state index in [4.69, 9.17) is 0 Å². The van der Waals surface area contributed by atoms with Crippen molar-refractivity contribution < 1.29 is 9.59 Å². The zero-order chi connectivity index (χ0) is 17.3. The number of carbonyl (C=O) groups is 2. The van der Waals surface area contributed by atoms with E-state index < -0.39 is 0 Å². The van der Waals surface area contributed by atoms with Gasteiger partial charge >= 0.3 is 0 Å². The number of nitrogens with one attached hydrogen (secondary N) is 1. The lowest BCUT2D eigenvalue weighted by Crippen LogP contribution is -2.43. The van der Waals surface area contributed by atoms with E-state index in [9.17, 15) is 14.9 Å². The van der Waals surface area contributed by atoms with Crippen molar-refractivity contribution in [3.8, 4) is 6.07 Å². The second kappa shape index (κ2) is 6.36. The molecular formula is C18H20N4O2. The van der Waals surface area contributed by atoms with E-state index in [0.717, 1.165) is 10.9 Å². The molecule has 124 valence electrons. The van der Waals surface area contributed by atoms with Gasteiger partial charge in [-0.25, -0.2) is 0 Å². The zero-order valence-corrected chi connectivity index (χ0v) is 13.8. The molecule has 1 fully saturated rings. The van der Waals surface area contributed by atoms with Crippen LogP contribution in [0.5, 0.6) is 0 Å². The molecular weight excluding hydrogens is 304 g/mol. The molecule has 2 aromatic rings. The first-order valence-electron chi connectivity index (χ1n) is 8.02. The second-order valence-electron chi connectivity index (χ2n) is 6.46. The number of nitrogens with zero attached hydrogens (tertiary/aromatic N) is 3. The summed E-state index contributed by atoms with van der Waals surface area (Å²) in [5.41, 5.74) is 1.34. The summed E-state index contributed by atoms with van der Waals surface area (Å²) in [4.78, 5) is 31.0. The summed E-state index contributed by atoms with van der Waals surface area (Å²) >= 11 is 0. The molecule has 0 saturated carbocycles. The summed E-state index contributed by atoms with van der Waals surface area (Å²) in [6, 6.07) is 11.2. The minimum Gasteiger partial charge on any atom is -0.351 e. The molecule has 0 radical (unpaired) electrons. The Morgan fingerprint density at radius 2 is 2.17 bits per heavy atom. The van der Waals surface area contributed by atoms with E-state index in [1.807, 2.05) is 31.2 Å². The van der Waals surface area contributed by atoms with Gasteiger partial charge in [0.2, 0.25) is 5.91 Å². The minimum absolute atomic E-state index is 0.0287. The van der Waals surface area contributed by atoms with Gasteiger partial charge in [0.05, 0.1) is 12.6 Å². The normalized spacial score (nSPS) is 20.1. The molecule has 2 atom stereocenters. The van der Waals surface area contributed by atoms with Crippen LogP contribution >= 0.6 is 0 Å². The van der Waals surface area contributed by atoms with Crippen molar-refractivity contribution in [3.63, 3.8) is 0 Å². The first-order valence-corrected chi connectivity index (χ1v) is 8.02. The van der Waals surface area contributed by atoms with Crippen LogP contribution in [0.25, 0.3) is 10.9 Å². The number of carbonyl (C=O) groups excluding carboxylic acids is 2. The Labute approximate surface area is 140 Å². The number of hydrogen-bond donors (Lipinski definition) is 1. The number of hydrogen-bond acceptors (Lipinski definition) is 3. The summed E-state index contributed by atoms with van der Waals surface area (Å²) in [6.45, 7) is 2.57. The highest BCUT2D eigenvalue weighted by atomic mass is 16.2. The van der Waals surface area contributed by atoms with E-state index in [2.05, 4.69) is 11.1 Å². The summed E-state index contributed by atoms with van der Waals surface area (Å²) in [7, 11) is 1.60. The number of benzene rings is 1. The first kappa shape index (κ1) is 16.1. The Morgan fingerprint density at radius 1 is 1.42 bits per heavy atom. The zero-order valence-electron chi connectivity index (χ0n) is 13.8. The van der Waals surface area contributed by atoms with Crippen LogP contribution in [0, 0.1) is 17.2 Å². The van der Waals surface area contributed by atoms with Gasteiger partial charge in [0.1, 0.15) is 11.7 Å². The van der Waals surface area contributed by atoms with Gasteiger partial charge in [-0.1, -0.05) is 25.1 Å². The van der Waals surface area contributed by atoms with Gasteiger partial charge in [-0.05, 0) is 24.5 Å². The quantitative estimate of drug-likeness (QED) is 0.937. The molecule has 2 amide bonds. The van der Waals surface area contributed by atoms with Crippen LogP contribution in [0.4, 0.5) is 0 Å². The maximum Gasteiger partial charge on any atom is 0.270 e. The van der Waals surface area contributed by atoms with Crippen LogP contribution in [0.2, 0.25) is 0 Å². The van der Waals surface area contributed by atoms with Gasteiger partial charge in [0.15, 0.2) is 0 Å². The van der Waals surface area contributed by atoms with E-state index >= 15 is 0 Å². The van der Waals surface area contributed by atoms with E-state index in [-0.39, 0.29) is 24.4 Å². The number of H-pyrrole nitrogens is 1. The average Bonchev–Trinajstić information content (AvgIpc) is 3.16. The molecule has 3 rings (SSSR count). The maximum absolute atomic E-state index is 12.5. The largest absolute Gasteiger partial charge is 0.351 e. The summed E-state index contributed by atoms with van der Waals surface area (Å²) in [5, 5.41) is 10.1. The molecule has 1 aromatic heterocycles. The SMILES string of the molecule is CC1CC(C#N)N(C(=O)CN(C)C(=O)c2cc3ccccc3[nH]2)C1. The smallest absolute Gasteiger partial charge is 0.270 e. The fraction of sp³-hybridized carbons (Fsp3) is 0.389. The van der Waals surface area contributed by atoms with Gasteiger partial charge < -0.3 is 14.8 Å². The second-order valence-corrected chi connectivity index (χ2v) is 6.46. The van der Waals surface area contributed by atoms with Gasteiger partial charge in [-0.3, -0.25) is 9.59 Å². The summed E-state index contributed by atoms with van der Waals surface area (Å²) in [6.07, 6.45) is 0.696. The molecule has 2 unspecified atom stereocenters. The predicted molar refractivity (Wildman–Crippen MR) is 90.2 cm³/mol. The Bertz CT molecular complexity index is 787. The molecule has 6 heteroatoms. The molecule has 0 bridgehead atoms. The van der Waals surface area contributed by atoms with E-state index in [1.165, 1.54) is 4.90 Å². The number of nitriles is 1. The molecule has 1 saturated heterocycles. The highest BCUT2D eigenvalue weighted by Gasteiger charge is 2.33. The highest BCUT2D eigenvalue weighted by molar-refractivity contribution is 5.99. The highest BCUT2D eigenvalue weighted by Crippen LogP contribution is 2.22. The topological polar surface area (TPSA) is 80.2 Å². The third kappa shape index (κ3) is 2.98. The standard InChI is InChI=1S/C18H20N4O2/c1-12-7-14(9-19)22(10-12)17(23)11-21(2)18(24)16-8-13-5-3-4-6-15(13)20-16/h3-6,8,12,14,20H,7,10-11H2,1-2H3. The third-order valence-electron chi connectivity index (χ3n) is 4.46. The van der Waals surface area contributed by atoms with Crippen molar-refractivity contribution in [2.75, 3.05) is 20.1 Å². The van der Waals surface area contributed by atoms with Crippen molar-refractivity contribution in [1.82, 2.24) is 14.8 Å². The Hall–Kier alpha value is -2.81. The molecule has 1 aliphatic heterocycles. The monoisotopic (exact) mass is 324 g/mol. The van der Waals surface area contributed by atoms with Gasteiger partial charge in [0, 0.05) is 24.5 Å². The minimum atomic E-state index is -0.385. The van der Waals surface area contributed by atoms with Crippen molar-refractivity contribution in [2.45, 2.75) is 19.4 Å². The number of fused-ring (bicyclic) bond motifs is 1. The molecule has 0 aliphatic carbocycles. The summed E-state index contributed by atoms with van der Waals surface area (Å²) < 4.78 is 0. The third-order valence-corrected chi connectivity index (χ3v) is 4.46. The first-order chi connectivity index (χ1) is 11.5. The van der Waals surface area contributed by atoms with Crippen molar-refractivity contribution in [1.29, 1.82) is 5.26 Å². The van der Waals surface area contributed by atoms with E-state index in [1.54, 1.807) is 18.0 Å². The molecule has 2 heterocycles. The van der Waals surface area contributed by atoms with Gasteiger partial charge in [-0.15, -0.1) is 0 Å². The van der Waals surface area contributed by atoms with Gasteiger partial charge in [-0.2, -0.15) is 5.26 Å². The van der Waals surface area contributed by atoms with Gasteiger partial charge in [0.25, 0.3) is 5.91 Å². The lowest BCUT2D eigenvalue weighted by atomic mass is 10.1. The van der Waals surface area contributed by atoms with Crippen molar-refractivity contribution in [3.05, 3.63) is 36.0 Å². The van der Waals surface area contributed by atoms with Crippen LogP contribution in [-0.2, 0) is 4.79 Å². The number of aromatic nitrogens is 1. The van der Waals surface area contributed by atoms with Crippen LogP contribution < -0.4 is 0 Å². The Balaban J connectivity index is 1.70. The number of likely N-dealkylation sites (N-methyl/N-ethyl adjacent to an activating group) is 1. The number of rotatable bonds is 3. The van der Waals surface area contributed by atoms with Crippen molar-refractivity contribution in [2.24, 2.45) is 5.92 Å². The summed E-state index contributed by atoms with van der Waals surface area (Å²) in [5.74, 6) is -0.105. The number of amides is 2.